The van der Waals surface area contributed by atoms with Crippen LogP contribution >= 0.6 is 0 Å². The summed E-state index contributed by atoms with van der Waals surface area (Å²) in [6, 6.07) is 0. The first kappa shape index (κ1) is 11.7. The Labute approximate surface area is 97.2 Å². The first-order chi connectivity index (χ1) is 7.69. The van der Waals surface area contributed by atoms with Gasteiger partial charge in [0.25, 0.3) is 0 Å². The molecule has 0 aromatic heterocycles. The molecule has 0 bridgehead atoms. The summed E-state index contributed by atoms with van der Waals surface area (Å²) in [5.74, 6) is 1.50. The third kappa shape index (κ3) is 2.67. The van der Waals surface area contributed by atoms with Crippen molar-refractivity contribution in [2.45, 2.75) is 26.2 Å². The summed E-state index contributed by atoms with van der Waals surface area (Å²) in [5, 5.41) is 8.74. The molecule has 2 fully saturated rings. The number of nitrogens with zero attached hydrogens (tertiary/aromatic N) is 2. The van der Waals surface area contributed by atoms with Crippen molar-refractivity contribution in [3.05, 3.63) is 0 Å². The summed E-state index contributed by atoms with van der Waals surface area (Å²) in [6.07, 6.45) is 3.20. The molecule has 0 aliphatic carbocycles. The van der Waals surface area contributed by atoms with Crippen molar-refractivity contribution in [2.75, 3.05) is 32.7 Å². The highest BCUT2D eigenvalue weighted by atomic mass is 16.4. The van der Waals surface area contributed by atoms with Crippen molar-refractivity contribution in [1.29, 1.82) is 0 Å². The maximum absolute atomic E-state index is 10.6. The van der Waals surface area contributed by atoms with Gasteiger partial charge in [0.2, 0.25) is 0 Å². The van der Waals surface area contributed by atoms with E-state index in [1.165, 1.54) is 37.3 Å². The number of amides is 1. The normalized spacial score (nSPS) is 24.4. The Morgan fingerprint density at radius 1 is 1.25 bits per heavy atom. The summed E-state index contributed by atoms with van der Waals surface area (Å²) < 4.78 is 0. The number of hydrogen-bond acceptors (Lipinski definition) is 2. The van der Waals surface area contributed by atoms with E-state index in [0.29, 0.717) is 5.92 Å². The molecule has 4 nitrogen and oxygen atoms in total. The van der Waals surface area contributed by atoms with E-state index in [2.05, 4.69) is 11.8 Å². The monoisotopic (exact) mass is 226 g/mol. The van der Waals surface area contributed by atoms with Gasteiger partial charge in [0.05, 0.1) is 0 Å². The summed E-state index contributed by atoms with van der Waals surface area (Å²) >= 11 is 0. The fourth-order valence-corrected chi connectivity index (χ4v) is 2.78. The van der Waals surface area contributed by atoms with E-state index < -0.39 is 6.09 Å². The maximum Gasteiger partial charge on any atom is 0.407 e. The third-order valence-corrected chi connectivity index (χ3v) is 4.03. The van der Waals surface area contributed by atoms with Gasteiger partial charge in [-0.2, -0.15) is 0 Å². The van der Waals surface area contributed by atoms with Gasteiger partial charge in [-0.3, -0.25) is 0 Å². The minimum absolute atomic E-state index is 0.578. The van der Waals surface area contributed by atoms with Crippen LogP contribution in [0, 0.1) is 11.8 Å². The van der Waals surface area contributed by atoms with Gasteiger partial charge in [-0.25, -0.2) is 4.79 Å². The van der Waals surface area contributed by atoms with Crippen molar-refractivity contribution in [3.63, 3.8) is 0 Å². The molecule has 0 aromatic rings. The molecule has 2 aliphatic rings. The van der Waals surface area contributed by atoms with Crippen LogP contribution in [-0.4, -0.2) is 53.7 Å². The van der Waals surface area contributed by atoms with Gasteiger partial charge >= 0.3 is 6.09 Å². The fourth-order valence-electron chi connectivity index (χ4n) is 2.78. The first-order valence-electron chi connectivity index (χ1n) is 6.39. The summed E-state index contributed by atoms with van der Waals surface area (Å²) in [4.78, 5) is 14.6. The lowest BCUT2D eigenvalue weighted by atomic mass is 9.92. The molecule has 0 saturated carbocycles. The lowest BCUT2D eigenvalue weighted by Gasteiger charge is -2.41. The van der Waals surface area contributed by atoms with E-state index in [1.807, 2.05) is 0 Å². The van der Waals surface area contributed by atoms with Crippen molar-refractivity contribution in [1.82, 2.24) is 9.80 Å². The zero-order valence-electron chi connectivity index (χ0n) is 10.1. The summed E-state index contributed by atoms with van der Waals surface area (Å²) in [6.45, 7) is 7.27. The average Bonchev–Trinajstić information content (AvgIpc) is 2.23. The van der Waals surface area contributed by atoms with Crippen molar-refractivity contribution in [3.8, 4) is 0 Å². The molecule has 92 valence electrons. The van der Waals surface area contributed by atoms with E-state index in [1.54, 1.807) is 0 Å². The highest BCUT2D eigenvalue weighted by Crippen LogP contribution is 2.23. The van der Waals surface area contributed by atoms with Gasteiger partial charge in [0, 0.05) is 25.6 Å². The van der Waals surface area contributed by atoms with Gasteiger partial charge in [-0.1, -0.05) is 13.3 Å². The van der Waals surface area contributed by atoms with Crippen LogP contribution in [0.5, 0.6) is 0 Å². The van der Waals surface area contributed by atoms with E-state index in [-0.39, 0.29) is 0 Å². The van der Waals surface area contributed by atoms with Crippen LogP contribution in [0.4, 0.5) is 4.79 Å². The number of carbonyl (C=O) groups is 1. The molecule has 2 rings (SSSR count). The van der Waals surface area contributed by atoms with Crippen molar-refractivity contribution in [2.24, 2.45) is 11.8 Å². The van der Waals surface area contributed by atoms with E-state index >= 15 is 0 Å². The minimum Gasteiger partial charge on any atom is -0.465 e. The van der Waals surface area contributed by atoms with Crippen LogP contribution in [0.2, 0.25) is 0 Å². The van der Waals surface area contributed by atoms with Gasteiger partial charge in [-0.05, 0) is 31.8 Å². The Hall–Kier alpha value is -0.770. The van der Waals surface area contributed by atoms with Crippen LogP contribution in [0.1, 0.15) is 26.2 Å². The molecule has 2 saturated heterocycles. The molecule has 0 aromatic carbocycles. The predicted octanol–water partition coefficient (Wildman–Crippen LogP) is 1.72. The second-order valence-electron chi connectivity index (χ2n) is 5.21. The number of likely N-dealkylation sites (tertiary alicyclic amines) is 2. The molecule has 2 aliphatic heterocycles. The van der Waals surface area contributed by atoms with Gasteiger partial charge in [0.15, 0.2) is 0 Å². The predicted molar refractivity (Wildman–Crippen MR) is 62.5 cm³/mol. The third-order valence-electron chi connectivity index (χ3n) is 4.03. The molecule has 4 heteroatoms. The lowest BCUT2D eigenvalue weighted by Crippen LogP contribution is -2.54. The quantitative estimate of drug-likeness (QED) is 0.797. The number of rotatable bonds is 3. The van der Waals surface area contributed by atoms with E-state index in [4.69, 9.17) is 5.11 Å². The SMILES string of the molecule is CCC1CCN(CC2CN(C(=O)O)C2)CC1. The van der Waals surface area contributed by atoms with Crippen LogP contribution in [0.3, 0.4) is 0 Å². The van der Waals surface area contributed by atoms with Gasteiger partial charge in [-0.15, -0.1) is 0 Å². The number of carboxylic acid groups (broad SMARTS) is 1. The van der Waals surface area contributed by atoms with Gasteiger partial charge in [0.1, 0.15) is 0 Å². The zero-order valence-corrected chi connectivity index (χ0v) is 10.1. The highest BCUT2D eigenvalue weighted by Gasteiger charge is 2.32. The second kappa shape index (κ2) is 5.04. The topological polar surface area (TPSA) is 43.8 Å². The molecule has 0 atom stereocenters. The Balaban J connectivity index is 1.63. The minimum atomic E-state index is -0.763. The molecule has 16 heavy (non-hydrogen) atoms. The Bertz CT molecular complexity index is 243. The lowest BCUT2D eigenvalue weighted by molar-refractivity contribution is 0.0534. The molecule has 0 unspecified atom stereocenters. The zero-order chi connectivity index (χ0) is 11.5. The molecule has 0 spiro atoms. The first-order valence-corrected chi connectivity index (χ1v) is 6.39. The van der Waals surface area contributed by atoms with E-state index in [9.17, 15) is 4.79 Å². The van der Waals surface area contributed by atoms with Crippen LogP contribution in [0.25, 0.3) is 0 Å². The molecule has 1 amide bonds. The standard InChI is InChI=1S/C12H22N2O2/c1-2-10-3-5-13(6-4-10)7-11-8-14(9-11)12(15)16/h10-11H,2-9H2,1H3,(H,15,16). The Morgan fingerprint density at radius 3 is 2.38 bits per heavy atom. The van der Waals surface area contributed by atoms with Crippen LogP contribution in [-0.2, 0) is 0 Å². The van der Waals surface area contributed by atoms with Crippen molar-refractivity contribution >= 4 is 6.09 Å². The molecule has 2 heterocycles. The number of piperidine rings is 1. The van der Waals surface area contributed by atoms with Gasteiger partial charge < -0.3 is 14.9 Å². The maximum atomic E-state index is 10.6. The molecular weight excluding hydrogens is 204 g/mol. The van der Waals surface area contributed by atoms with E-state index in [0.717, 1.165) is 25.6 Å². The van der Waals surface area contributed by atoms with Crippen molar-refractivity contribution < 1.29 is 9.90 Å². The smallest absolute Gasteiger partial charge is 0.407 e. The van der Waals surface area contributed by atoms with Crippen LogP contribution < -0.4 is 0 Å². The fraction of sp³-hybridized carbons (Fsp3) is 0.917. The molecule has 1 N–H and O–H groups in total. The largest absolute Gasteiger partial charge is 0.465 e. The summed E-state index contributed by atoms with van der Waals surface area (Å²) in [5.41, 5.74) is 0. The number of hydrogen-bond donors (Lipinski definition) is 1. The van der Waals surface area contributed by atoms with Crippen LogP contribution in [0.15, 0.2) is 0 Å². The summed E-state index contributed by atoms with van der Waals surface area (Å²) in [7, 11) is 0. The Morgan fingerprint density at radius 2 is 1.88 bits per heavy atom. The average molecular weight is 226 g/mol. The molecular formula is C12H22N2O2. The highest BCUT2D eigenvalue weighted by molar-refractivity contribution is 5.66. The Kier molecular flexibility index (Phi) is 3.69. The second-order valence-corrected chi connectivity index (χ2v) is 5.21. The molecule has 0 radical (unpaired) electrons.